The molecule has 1 aromatic heterocycles. The molecular weight excluding hydrogens is 413 g/mol. The lowest BCUT2D eigenvalue weighted by atomic mass is 10.0. The maximum absolute atomic E-state index is 12.4. The van der Waals surface area contributed by atoms with E-state index in [1.54, 1.807) is 24.3 Å². The number of halogens is 2. The van der Waals surface area contributed by atoms with E-state index in [0.29, 0.717) is 16.1 Å². The average molecular weight is 432 g/mol. The van der Waals surface area contributed by atoms with Crippen molar-refractivity contribution >= 4 is 46.1 Å². The number of aryl methyl sites for hydroxylation is 1. The van der Waals surface area contributed by atoms with Gasteiger partial charge in [0.2, 0.25) is 0 Å². The summed E-state index contributed by atoms with van der Waals surface area (Å²) in [7, 11) is 0. The molecule has 3 aromatic rings. The van der Waals surface area contributed by atoms with Crippen LogP contribution >= 0.6 is 23.2 Å². The number of urea groups is 1. The number of nitrogens with zero attached hydrogens (tertiary/aromatic N) is 1. The molecule has 6 nitrogen and oxygen atoms in total. The van der Waals surface area contributed by atoms with Crippen LogP contribution in [0, 0.1) is 6.92 Å². The summed E-state index contributed by atoms with van der Waals surface area (Å²) in [4.78, 5) is 28.0. The van der Waals surface area contributed by atoms with Gasteiger partial charge in [0, 0.05) is 16.0 Å². The van der Waals surface area contributed by atoms with Crippen molar-refractivity contribution in [3.8, 4) is 0 Å². The second kappa shape index (κ2) is 9.11. The molecule has 3 N–H and O–H groups in total. The molecule has 0 fully saturated rings. The number of carbonyl (C=O) groups is 2. The Bertz CT molecular complexity index is 1050. The van der Waals surface area contributed by atoms with Crippen LogP contribution in [0.3, 0.4) is 0 Å². The monoisotopic (exact) mass is 431 g/mol. The van der Waals surface area contributed by atoms with Gasteiger partial charge in [-0.3, -0.25) is 4.79 Å². The molecule has 0 aliphatic carbocycles. The largest absolute Gasteiger partial charge is 0.461 e. The molecule has 29 heavy (non-hydrogen) atoms. The molecule has 0 saturated carbocycles. The average Bonchev–Trinajstić information content (AvgIpc) is 2.66. The van der Waals surface area contributed by atoms with Gasteiger partial charge in [-0.1, -0.05) is 47.5 Å². The summed E-state index contributed by atoms with van der Waals surface area (Å²) >= 11 is 12.1. The first-order chi connectivity index (χ1) is 13.8. The van der Waals surface area contributed by atoms with Gasteiger partial charge in [-0.2, -0.15) is 0 Å². The lowest BCUT2D eigenvalue weighted by molar-refractivity contribution is -0.145. The molecule has 0 bridgehead atoms. The third-order valence-corrected chi connectivity index (χ3v) is 4.93. The highest BCUT2D eigenvalue weighted by molar-refractivity contribution is 6.30. The molecule has 0 radical (unpaired) electrons. The van der Waals surface area contributed by atoms with E-state index in [4.69, 9.17) is 33.7 Å². The number of esters is 1. The fraction of sp³-hybridized carbons (Fsp3) is 0.190. The number of primary amides is 1. The molecule has 0 saturated heterocycles. The van der Waals surface area contributed by atoms with Gasteiger partial charge in [0.25, 0.3) is 0 Å². The molecule has 0 aliphatic heterocycles. The van der Waals surface area contributed by atoms with E-state index in [1.807, 2.05) is 31.2 Å². The van der Waals surface area contributed by atoms with E-state index < -0.39 is 18.0 Å². The number of nitrogens with two attached hydrogens (primary N) is 1. The maximum Gasteiger partial charge on any atom is 0.312 e. The topological polar surface area (TPSA) is 94.3 Å². The predicted octanol–water partition coefficient (Wildman–Crippen LogP) is 4.69. The number of benzene rings is 2. The van der Waals surface area contributed by atoms with E-state index in [0.717, 1.165) is 16.5 Å². The molecule has 1 heterocycles. The summed E-state index contributed by atoms with van der Waals surface area (Å²) in [6, 6.07) is 13.1. The molecule has 8 heteroatoms. The SMILES string of the molecule is Cc1ccc2cc(COC(=O)C[C@H](NC(N)=O)c3ccc(Cl)cc3)c(Cl)nc2c1. The first kappa shape index (κ1) is 20.9. The highest BCUT2D eigenvalue weighted by Crippen LogP contribution is 2.24. The summed E-state index contributed by atoms with van der Waals surface area (Å²) in [5.41, 5.74) is 8.37. The van der Waals surface area contributed by atoms with Crippen LogP contribution in [0.2, 0.25) is 10.2 Å². The van der Waals surface area contributed by atoms with Crippen molar-refractivity contribution in [2.45, 2.75) is 26.0 Å². The van der Waals surface area contributed by atoms with Crippen LogP contribution in [0.1, 0.15) is 29.2 Å². The van der Waals surface area contributed by atoms with E-state index in [2.05, 4.69) is 10.3 Å². The zero-order valence-corrected chi connectivity index (χ0v) is 17.1. The lowest BCUT2D eigenvalue weighted by Crippen LogP contribution is -2.34. The Kier molecular flexibility index (Phi) is 6.56. The van der Waals surface area contributed by atoms with Gasteiger partial charge in [-0.25, -0.2) is 9.78 Å². The van der Waals surface area contributed by atoms with E-state index >= 15 is 0 Å². The van der Waals surface area contributed by atoms with Gasteiger partial charge in [0.05, 0.1) is 18.0 Å². The summed E-state index contributed by atoms with van der Waals surface area (Å²) < 4.78 is 5.36. The lowest BCUT2D eigenvalue weighted by Gasteiger charge is -2.17. The van der Waals surface area contributed by atoms with Crippen LogP contribution in [-0.2, 0) is 16.1 Å². The zero-order chi connectivity index (χ0) is 21.0. The number of rotatable bonds is 6. The number of nitrogens with one attached hydrogen (secondary N) is 1. The number of carbonyl (C=O) groups excluding carboxylic acids is 2. The molecule has 0 unspecified atom stereocenters. The van der Waals surface area contributed by atoms with Gasteiger partial charge in [0.1, 0.15) is 11.8 Å². The number of aromatic nitrogens is 1. The van der Waals surface area contributed by atoms with Crippen molar-refractivity contribution in [1.82, 2.24) is 10.3 Å². The van der Waals surface area contributed by atoms with Crippen LogP contribution < -0.4 is 11.1 Å². The highest BCUT2D eigenvalue weighted by atomic mass is 35.5. The smallest absolute Gasteiger partial charge is 0.312 e. The number of fused-ring (bicyclic) bond motifs is 1. The Balaban J connectivity index is 1.69. The fourth-order valence-electron chi connectivity index (χ4n) is 2.90. The first-order valence-corrected chi connectivity index (χ1v) is 9.60. The molecule has 150 valence electrons. The Morgan fingerprint density at radius 2 is 1.86 bits per heavy atom. The quantitative estimate of drug-likeness (QED) is 0.436. The minimum absolute atomic E-state index is 0.0294. The summed E-state index contributed by atoms with van der Waals surface area (Å²) in [5.74, 6) is -0.515. The highest BCUT2D eigenvalue weighted by Gasteiger charge is 2.19. The maximum atomic E-state index is 12.4. The van der Waals surface area contributed by atoms with Gasteiger partial charge in [0.15, 0.2) is 0 Å². The normalized spacial score (nSPS) is 11.8. The van der Waals surface area contributed by atoms with Crippen molar-refractivity contribution in [3.63, 3.8) is 0 Å². The first-order valence-electron chi connectivity index (χ1n) is 8.84. The zero-order valence-electron chi connectivity index (χ0n) is 15.6. The number of hydrogen-bond donors (Lipinski definition) is 2. The fourth-order valence-corrected chi connectivity index (χ4v) is 3.23. The van der Waals surface area contributed by atoms with Crippen molar-refractivity contribution < 1.29 is 14.3 Å². The summed E-state index contributed by atoms with van der Waals surface area (Å²) in [6.07, 6.45) is -0.0948. The van der Waals surface area contributed by atoms with Crippen molar-refractivity contribution in [2.24, 2.45) is 5.73 Å². The van der Waals surface area contributed by atoms with Gasteiger partial charge in [-0.15, -0.1) is 0 Å². The Morgan fingerprint density at radius 3 is 2.55 bits per heavy atom. The van der Waals surface area contributed by atoms with Gasteiger partial charge < -0.3 is 15.8 Å². The Morgan fingerprint density at radius 1 is 1.14 bits per heavy atom. The molecule has 1 atom stereocenters. The number of hydrogen-bond acceptors (Lipinski definition) is 4. The minimum Gasteiger partial charge on any atom is -0.461 e. The van der Waals surface area contributed by atoms with Crippen molar-refractivity contribution in [3.05, 3.63) is 75.4 Å². The van der Waals surface area contributed by atoms with E-state index in [9.17, 15) is 9.59 Å². The second-order valence-electron chi connectivity index (χ2n) is 6.61. The molecular formula is C21H19Cl2N3O3. The number of pyridine rings is 1. The van der Waals surface area contributed by atoms with Crippen LogP contribution in [0.5, 0.6) is 0 Å². The Hall–Kier alpha value is -2.83. The van der Waals surface area contributed by atoms with E-state index in [-0.39, 0.29) is 18.2 Å². The molecule has 2 aromatic carbocycles. The standard InChI is InChI=1S/C21H19Cl2N3O3/c1-12-2-3-14-9-15(20(23)25-17(14)8-12)11-29-19(27)10-18(26-21(24)28)13-4-6-16(22)7-5-13/h2-9,18H,10-11H2,1H3,(H3,24,26,28)/t18-/m0/s1. The molecule has 3 rings (SSSR count). The molecule has 0 aliphatic rings. The Labute approximate surface area is 178 Å². The van der Waals surface area contributed by atoms with Crippen LogP contribution in [0.4, 0.5) is 4.79 Å². The van der Waals surface area contributed by atoms with Gasteiger partial charge >= 0.3 is 12.0 Å². The van der Waals surface area contributed by atoms with Gasteiger partial charge in [-0.05, 0) is 42.3 Å². The van der Waals surface area contributed by atoms with Crippen LogP contribution in [0.25, 0.3) is 10.9 Å². The number of ether oxygens (including phenoxy) is 1. The van der Waals surface area contributed by atoms with Crippen LogP contribution in [-0.4, -0.2) is 17.0 Å². The van der Waals surface area contributed by atoms with E-state index in [1.165, 1.54) is 0 Å². The predicted molar refractivity (Wildman–Crippen MR) is 113 cm³/mol. The summed E-state index contributed by atoms with van der Waals surface area (Å²) in [5, 5.41) is 4.27. The molecule has 2 amide bonds. The van der Waals surface area contributed by atoms with Crippen molar-refractivity contribution in [1.29, 1.82) is 0 Å². The minimum atomic E-state index is -0.741. The summed E-state index contributed by atoms with van der Waals surface area (Å²) in [6.45, 7) is 1.94. The van der Waals surface area contributed by atoms with Crippen LogP contribution in [0.15, 0.2) is 48.5 Å². The molecule has 0 spiro atoms. The second-order valence-corrected chi connectivity index (χ2v) is 7.41. The third kappa shape index (κ3) is 5.59. The van der Waals surface area contributed by atoms with Crippen molar-refractivity contribution in [2.75, 3.05) is 0 Å². The number of amides is 2. The third-order valence-electron chi connectivity index (χ3n) is 4.35.